The first kappa shape index (κ1) is 34.4. The fourth-order valence-electron chi connectivity index (χ4n) is 4.94. The zero-order valence-electron chi connectivity index (χ0n) is 25.9. The summed E-state index contributed by atoms with van der Waals surface area (Å²) in [5.74, 6) is 0.388. The summed E-state index contributed by atoms with van der Waals surface area (Å²) < 4.78 is 5.10. The molecule has 1 saturated heterocycles. The molecule has 2 aromatic rings. The number of likely N-dealkylation sites (tertiary alicyclic amines) is 1. The Morgan fingerprint density at radius 1 is 1.17 bits per heavy atom. The van der Waals surface area contributed by atoms with Crippen LogP contribution in [-0.4, -0.2) is 61.7 Å². The van der Waals surface area contributed by atoms with E-state index in [0.29, 0.717) is 6.54 Å². The number of anilines is 1. The number of likely N-dealkylation sites (N-methyl/N-ethyl adjacent to an activating group) is 1. The third kappa shape index (κ3) is 11.2. The molecule has 8 nitrogen and oxygen atoms in total. The average Bonchev–Trinajstić information content (AvgIpc) is 3.36. The van der Waals surface area contributed by atoms with Crippen LogP contribution in [0.15, 0.2) is 60.1 Å². The number of hydrogen-bond acceptors (Lipinski definition) is 6. The molecule has 0 saturated carbocycles. The molecule has 0 spiro atoms. The van der Waals surface area contributed by atoms with Gasteiger partial charge in [-0.3, -0.25) is 14.7 Å². The molecule has 2 amide bonds. The predicted octanol–water partition coefficient (Wildman–Crippen LogP) is 6.99. The highest BCUT2D eigenvalue weighted by Gasteiger charge is 2.38. The number of nitrogens with one attached hydrogen (secondary N) is 2. The minimum absolute atomic E-state index is 0.0168. The first-order valence-corrected chi connectivity index (χ1v) is 14.7. The van der Waals surface area contributed by atoms with Gasteiger partial charge in [0.15, 0.2) is 0 Å². The summed E-state index contributed by atoms with van der Waals surface area (Å²) in [4.78, 5) is 40.9. The Labute approximate surface area is 251 Å². The van der Waals surface area contributed by atoms with Crippen molar-refractivity contribution in [1.29, 1.82) is 0 Å². The third-order valence-electron chi connectivity index (χ3n) is 7.22. The van der Waals surface area contributed by atoms with Gasteiger partial charge in [0.05, 0.1) is 11.7 Å². The minimum atomic E-state index is -0.449. The number of carbonyl (C=O) groups is 3. The van der Waals surface area contributed by atoms with Gasteiger partial charge in [0.25, 0.3) is 0 Å². The fourth-order valence-corrected chi connectivity index (χ4v) is 4.94. The van der Waals surface area contributed by atoms with Crippen LogP contribution in [0.5, 0.6) is 0 Å². The van der Waals surface area contributed by atoms with E-state index in [9.17, 15) is 14.4 Å². The van der Waals surface area contributed by atoms with E-state index in [4.69, 9.17) is 4.74 Å². The van der Waals surface area contributed by atoms with Gasteiger partial charge in [-0.15, -0.1) is 0 Å². The third-order valence-corrected chi connectivity index (χ3v) is 7.22. The van der Waals surface area contributed by atoms with E-state index in [0.717, 1.165) is 61.9 Å². The maximum atomic E-state index is 12.9. The van der Waals surface area contributed by atoms with Crippen LogP contribution in [0.4, 0.5) is 16.2 Å². The lowest BCUT2D eigenvalue weighted by Gasteiger charge is -2.24. The predicted molar refractivity (Wildman–Crippen MR) is 173 cm³/mol. The van der Waals surface area contributed by atoms with Crippen molar-refractivity contribution in [2.24, 2.45) is 10.9 Å². The first-order chi connectivity index (χ1) is 20.0. The van der Waals surface area contributed by atoms with E-state index >= 15 is 0 Å². The van der Waals surface area contributed by atoms with Crippen molar-refractivity contribution in [1.82, 2.24) is 10.2 Å². The maximum absolute atomic E-state index is 12.9. The Morgan fingerprint density at radius 2 is 1.88 bits per heavy atom. The number of alkyl carbamates (subject to hydrolysis) is 1. The van der Waals surface area contributed by atoms with Gasteiger partial charge in [-0.25, -0.2) is 4.79 Å². The lowest BCUT2D eigenvalue weighted by atomic mass is 9.91. The molecule has 1 aliphatic rings. The van der Waals surface area contributed by atoms with Crippen LogP contribution in [-0.2, 0) is 14.3 Å². The van der Waals surface area contributed by atoms with Crippen LogP contribution < -0.4 is 10.6 Å². The maximum Gasteiger partial charge on any atom is 0.407 e. The summed E-state index contributed by atoms with van der Waals surface area (Å²) >= 11 is 0. The number of benzene rings is 2. The van der Waals surface area contributed by atoms with Gasteiger partial charge in [-0.05, 0) is 90.5 Å². The Balaban J connectivity index is 0.000000319. The summed E-state index contributed by atoms with van der Waals surface area (Å²) in [6, 6.07) is 15.7. The fraction of sp³-hybridized carbons (Fsp3) is 0.471. The molecule has 1 unspecified atom stereocenters. The molecule has 1 aliphatic heterocycles. The van der Waals surface area contributed by atoms with E-state index in [1.807, 2.05) is 71.1 Å². The lowest BCUT2D eigenvalue weighted by molar-refractivity contribution is -0.120. The molecule has 0 bridgehead atoms. The topological polar surface area (TPSA) is 100 Å². The molecule has 3 atom stereocenters. The normalized spacial score (nSPS) is 17.3. The largest absolute Gasteiger partial charge is 0.444 e. The highest BCUT2D eigenvalue weighted by atomic mass is 16.6. The number of carbonyl (C=O) groups excluding carboxylic acids is 3. The summed E-state index contributed by atoms with van der Waals surface area (Å²) in [6.07, 6.45) is 6.96. The zero-order chi connectivity index (χ0) is 31.1. The number of aliphatic imine (C=N–C) groups is 1. The van der Waals surface area contributed by atoms with Crippen molar-refractivity contribution in [3.63, 3.8) is 0 Å². The lowest BCUT2D eigenvalue weighted by Crippen LogP contribution is -2.40. The monoisotopic (exact) mass is 576 g/mol. The highest BCUT2D eigenvalue weighted by Crippen LogP contribution is 2.33. The molecule has 0 aliphatic carbocycles. The van der Waals surface area contributed by atoms with Crippen LogP contribution in [0.1, 0.15) is 76.8 Å². The number of ether oxygens (including phenoxy) is 1. The molecule has 42 heavy (non-hydrogen) atoms. The number of unbranched alkanes of at least 4 members (excludes halogenated alkanes) is 1. The molecule has 2 aromatic carbocycles. The second kappa shape index (κ2) is 17.2. The molecule has 8 heteroatoms. The Bertz CT molecular complexity index is 1180. The van der Waals surface area contributed by atoms with Crippen molar-refractivity contribution in [2.45, 2.75) is 77.4 Å². The van der Waals surface area contributed by atoms with Crippen LogP contribution in [0.3, 0.4) is 0 Å². The summed E-state index contributed by atoms with van der Waals surface area (Å²) in [5, 5.41) is 5.75. The standard InChI is InChI=1S/C21H23N3O.C13H25NO3/c1-4-15-14-17(10-11-19(15)22-2)23-21(25)20-18(12-13-24(20)3)16-8-6-5-7-9-16;1-5-11(10-15)8-6-7-9-14-12(16)17-13(2,3)4/h4-11,14,18,20H,1-2,12-13H2,3H3,(H,23,25);10-11H,5-9H2,1-4H3,(H,14,16)/t18-,20-;/m0./s1. The van der Waals surface area contributed by atoms with Crippen LogP contribution in [0.2, 0.25) is 0 Å². The van der Waals surface area contributed by atoms with Crippen molar-refractivity contribution in [2.75, 3.05) is 25.5 Å². The van der Waals surface area contributed by atoms with Gasteiger partial charge >= 0.3 is 6.09 Å². The van der Waals surface area contributed by atoms with Gasteiger partial charge in [-0.1, -0.05) is 56.3 Å². The van der Waals surface area contributed by atoms with Gasteiger partial charge in [0, 0.05) is 29.6 Å². The number of aldehydes is 1. The second-order valence-corrected chi connectivity index (χ2v) is 11.6. The van der Waals surface area contributed by atoms with Gasteiger partial charge in [0.2, 0.25) is 5.91 Å². The number of nitrogens with zero attached hydrogens (tertiary/aromatic N) is 2. The molecule has 228 valence electrons. The number of hydrogen-bond donors (Lipinski definition) is 2. The van der Waals surface area contributed by atoms with E-state index < -0.39 is 5.60 Å². The van der Waals surface area contributed by atoms with E-state index in [-0.39, 0.29) is 29.9 Å². The van der Waals surface area contributed by atoms with E-state index in [1.54, 1.807) is 6.08 Å². The van der Waals surface area contributed by atoms with E-state index in [2.05, 4.69) is 46.0 Å². The molecular formula is C34H48N4O4. The van der Waals surface area contributed by atoms with Crippen molar-refractivity contribution in [3.05, 3.63) is 66.2 Å². The molecule has 0 radical (unpaired) electrons. The van der Waals surface area contributed by atoms with Gasteiger partial charge < -0.3 is 20.2 Å². The molecule has 3 rings (SSSR count). The molecule has 1 heterocycles. The summed E-state index contributed by atoms with van der Waals surface area (Å²) in [5.41, 5.74) is 3.12. The number of amides is 2. The molecule has 0 aromatic heterocycles. The van der Waals surface area contributed by atoms with Crippen molar-refractivity contribution < 1.29 is 19.1 Å². The van der Waals surface area contributed by atoms with Crippen LogP contribution >= 0.6 is 0 Å². The van der Waals surface area contributed by atoms with Crippen molar-refractivity contribution in [3.8, 4) is 0 Å². The molecular weight excluding hydrogens is 528 g/mol. The minimum Gasteiger partial charge on any atom is -0.444 e. The Kier molecular flexibility index (Phi) is 14.1. The first-order valence-electron chi connectivity index (χ1n) is 14.7. The quantitative estimate of drug-likeness (QED) is 0.161. The van der Waals surface area contributed by atoms with E-state index in [1.165, 1.54) is 5.56 Å². The summed E-state index contributed by atoms with van der Waals surface area (Å²) in [7, 11) is 2.01. The van der Waals surface area contributed by atoms with Crippen LogP contribution in [0, 0.1) is 5.92 Å². The van der Waals surface area contributed by atoms with Crippen molar-refractivity contribution >= 4 is 42.5 Å². The molecule has 1 fully saturated rings. The second-order valence-electron chi connectivity index (χ2n) is 11.6. The Morgan fingerprint density at radius 3 is 2.48 bits per heavy atom. The van der Waals surface area contributed by atoms with Gasteiger partial charge in [0.1, 0.15) is 11.9 Å². The Hall–Kier alpha value is -3.78. The zero-order valence-corrected chi connectivity index (χ0v) is 25.9. The van der Waals surface area contributed by atoms with Gasteiger partial charge in [-0.2, -0.15) is 0 Å². The molecule has 2 N–H and O–H groups in total. The smallest absolute Gasteiger partial charge is 0.407 e. The average molecular weight is 577 g/mol. The highest BCUT2D eigenvalue weighted by molar-refractivity contribution is 5.96. The number of rotatable bonds is 12. The summed E-state index contributed by atoms with van der Waals surface area (Å²) in [6.45, 7) is 16.4. The van der Waals surface area contributed by atoms with Crippen LogP contribution in [0.25, 0.3) is 6.08 Å². The SMILES string of the molecule is C=Cc1cc(NC(=O)[C@@H]2[C@H](c3ccccc3)CCN2C)ccc1N=C.CCC(C=O)CCCCNC(=O)OC(C)(C)C.